The molecule has 0 spiro atoms. The Hall–Kier alpha value is -2.08. The number of piperazine rings is 1. The summed E-state index contributed by atoms with van der Waals surface area (Å²) in [6, 6.07) is 7.55. The van der Waals surface area contributed by atoms with Crippen molar-refractivity contribution < 1.29 is 14.3 Å². The van der Waals surface area contributed by atoms with Crippen molar-refractivity contribution in [3.05, 3.63) is 29.8 Å². The molecule has 28 heavy (non-hydrogen) atoms. The third kappa shape index (κ3) is 5.47. The Labute approximate surface area is 168 Å². The smallest absolute Gasteiger partial charge is 0.254 e. The van der Waals surface area contributed by atoms with Crippen LogP contribution in [0.1, 0.15) is 55.3 Å². The fourth-order valence-corrected chi connectivity index (χ4v) is 4.23. The number of amides is 2. The zero-order valence-electron chi connectivity index (χ0n) is 17.0. The van der Waals surface area contributed by atoms with E-state index in [1.165, 1.54) is 12.8 Å². The summed E-state index contributed by atoms with van der Waals surface area (Å²) in [6.07, 6.45) is 7.21. The first-order chi connectivity index (χ1) is 13.7. The van der Waals surface area contributed by atoms with Crippen LogP contribution in [0.5, 0.6) is 5.75 Å². The van der Waals surface area contributed by atoms with Crippen molar-refractivity contribution in [2.24, 2.45) is 0 Å². The Kier molecular flexibility index (Phi) is 7.71. The van der Waals surface area contributed by atoms with Gasteiger partial charge in [0.15, 0.2) is 0 Å². The van der Waals surface area contributed by atoms with Crippen LogP contribution in [0.4, 0.5) is 0 Å². The van der Waals surface area contributed by atoms with E-state index >= 15 is 0 Å². The molecule has 1 saturated heterocycles. The van der Waals surface area contributed by atoms with Crippen LogP contribution >= 0.6 is 0 Å². The van der Waals surface area contributed by atoms with Gasteiger partial charge >= 0.3 is 0 Å². The van der Waals surface area contributed by atoms with E-state index in [2.05, 4.69) is 5.32 Å². The first kappa shape index (κ1) is 20.6. The molecule has 154 valence electrons. The monoisotopic (exact) mass is 387 g/mol. The molecule has 6 nitrogen and oxygen atoms in total. The number of rotatable bonds is 6. The molecule has 1 aromatic rings. The first-order valence-corrected chi connectivity index (χ1v) is 10.6. The van der Waals surface area contributed by atoms with Crippen LogP contribution in [0.15, 0.2) is 24.3 Å². The molecule has 0 radical (unpaired) electrons. The summed E-state index contributed by atoms with van der Waals surface area (Å²) >= 11 is 0. The number of nitrogens with zero attached hydrogens (tertiary/aromatic N) is 2. The predicted octanol–water partition coefficient (Wildman–Crippen LogP) is 2.68. The van der Waals surface area contributed by atoms with Crippen LogP contribution in [0.3, 0.4) is 0 Å². The normalized spacial score (nSPS) is 18.4. The van der Waals surface area contributed by atoms with Crippen molar-refractivity contribution in [3.63, 3.8) is 0 Å². The molecule has 6 heteroatoms. The molecule has 1 aliphatic carbocycles. The molecule has 1 N–H and O–H groups in total. The average Bonchev–Trinajstić information content (AvgIpc) is 3.03. The highest BCUT2D eigenvalue weighted by atomic mass is 16.5. The Bertz CT molecular complexity index is 650. The van der Waals surface area contributed by atoms with Gasteiger partial charge < -0.3 is 19.9 Å². The summed E-state index contributed by atoms with van der Waals surface area (Å²) in [6.45, 7) is 3.70. The van der Waals surface area contributed by atoms with Gasteiger partial charge in [0.25, 0.3) is 5.91 Å². The SMILES string of the molecule is COc1cccc(C(=O)N(CCC(=O)N2CCNCC2)C2CCCCCC2)c1. The number of carbonyl (C=O) groups is 2. The lowest BCUT2D eigenvalue weighted by atomic mass is 10.0. The quantitative estimate of drug-likeness (QED) is 0.763. The summed E-state index contributed by atoms with van der Waals surface area (Å²) < 4.78 is 5.29. The molecule has 1 aliphatic heterocycles. The van der Waals surface area contributed by atoms with Gasteiger partial charge in [-0.1, -0.05) is 31.7 Å². The minimum absolute atomic E-state index is 0.0129. The summed E-state index contributed by atoms with van der Waals surface area (Å²) in [4.78, 5) is 29.9. The topological polar surface area (TPSA) is 61.9 Å². The molecule has 2 fully saturated rings. The molecular formula is C22H33N3O3. The number of hydrogen-bond acceptors (Lipinski definition) is 4. The molecule has 3 rings (SSSR count). The minimum atomic E-state index is 0.0129. The number of benzene rings is 1. The molecule has 1 saturated carbocycles. The molecule has 2 amide bonds. The van der Waals surface area contributed by atoms with Crippen LogP contribution in [0, 0.1) is 0 Å². The standard InChI is InChI=1S/C22H33N3O3/c1-28-20-10-6-7-18(17-20)22(27)25(19-8-4-2-3-5-9-19)14-11-21(26)24-15-12-23-13-16-24/h6-7,10,17,19,23H,2-5,8-9,11-16H2,1H3. The van der Waals surface area contributed by atoms with Gasteiger partial charge in [0.1, 0.15) is 5.75 Å². The van der Waals surface area contributed by atoms with Crippen LogP contribution < -0.4 is 10.1 Å². The molecule has 1 heterocycles. The molecule has 0 bridgehead atoms. The van der Waals surface area contributed by atoms with Gasteiger partial charge in [-0.15, -0.1) is 0 Å². The highest BCUT2D eigenvalue weighted by Crippen LogP contribution is 2.25. The van der Waals surface area contributed by atoms with E-state index < -0.39 is 0 Å². The molecule has 0 aromatic heterocycles. The van der Waals surface area contributed by atoms with E-state index in [1.807, 2.05) is 28.0 Å². The van der Waals surface area contributed by atoms with Crippen molar-refractivity contribution in [2.75, 3.05) is 39.8 Å². The van der Waals surface area contributed by atoms with E-state index in [9.17, 15) is 9.59 Å². The second kappa shape index (κ2) is 10.5. The first-order valence-electron chi connectivity index (χ1n) is 10.6. The van der Waals surface area contributed by atoms with E-state index in [1.54, 1.807) is 13.2 Å². The highest BCUT2D eigenvalue weighted by molar-refractivity contribution is 5.95. The lowest BCUT2D eigenvalue weighted by Gasteiger charge is -2.33. The molecule has 0 unspecified atom stereocenters. The number of nitrogens with one attached hydrogen (secondary N) is 1. The van der Waals surface area contributed by atoms with Gasteiger partial charge in [-0.2, -0.15) is 0 Å². The molecule has 0 atom stereocenters. The summed E-state index contributed by atoms with van der Waals surface area (Å²) in [5.74, 6) is 0.848. The predicted molar refractivity (Wildman–Crippen MR) is 110 cm³/mol. The average molecular weight is 388 g/mol. The van der Waals surface area contributed by atoms with Gasteiger partial charge in [0.2, 0.25) is 5.91 Å². The maximum atomic E-state index is 13.3. The lowest BCUT2D eigenvalue weighted by Crippen LogP contribution is -2.48. The van der Waals surface area contributed by atoms with Gasteiger partial charge in [0, 0.05) is 50.7 Å². The zero-order chi connectivity index (χ0) is 19.8. The largest absolute Gasteiger partial charge is 0.497 e. The van der Waals surface area contributed by atoms with Crippen molar-refractivity contribution in [2.45, 2.75) is 51.0 Å². The summed E-state index contributed by atoms with van der Waals surface area (Å²) in [5.41, 5.74) is 0.637. The number of methoxy groups -OCH3 is 1. The Balaban J connectivity index is 1.71. The molecule has 1 aromatic carbocycles. The Morgan fingerprint density at radius 2 is 1.86 bits per heavy atom. The number of carbonyl (C=O) groups excluding carboxylic acids is 2. The van der Waals surface area contributed by atoms with E-state index in [-0.39, 0.29) is 17.9 Å². The van der Waals surface area contributed by atoms with E-state index in [0.29, 0.717) is 24.3 Å². The maximum Gasteiger partial charge on any atom is 0.254 e. The fraction of sp³-hybridized carbons (Fsp3) is 0.636. The van der Waals surface area contributed by atoms with Crippen molar-refractivity contribution >= 4 is 11.8 Å². The van der Waals surface area contributed by atoms with Gasteiger partial charge in [0.05, 0.1) is 7.11 Å². The van der Waals surface area contributed by atoms with Crippen LogP contribution in [0.25, 0.3) is 0 Å². The summed E-state index contributed by atoms with van der Waals surface area (Å²) in [7, 11) is 1.61. The van der Waals surface area contributed by atoms with Crippen LogP contribution in [0.2, 0.25) is 0 Å². The Morgan fingerprint density at radius 3 is 2.54 bits per heavy atom. The third-order valence-corrected chi connectivity index (χ3v) is 5.88. The fourth-order valence-electron chi connectivity index (χ4n) is 4.23. The highest BCUT2D eigenvalue weighted by Gasteiger charge is 2.27. The lowest BCUT2D eigenvalue weighted by molar-refractivity contribution is -0.132. The second-order valence-electron chi connectivity index (χ2n) is 7.76. The number of ether oxygens (including phenoxy) is 1. The van der Waals surface area contributed by atoms with Crippen molar-refractivity contribution in [1.82, 2.24) is 15.1 Å². The zero-order valence-corrected chi connectivity index (χ0v) is 17.0. The van der Waals surface area contributed by atoms with Gasteiger partial charge in [-0.25, -0.2) is 0 Å². The molecular weight excluding hydrogens is 354 g/mol. The van der Waals surface area contributed by atoms with E-state index in [4.69, 9.17) is 4.74 Å². The van der Waals surface area contributed by atoms with Gasteiger partial charge in [-0.3, -0.25) is 9.59 Å². The van der Waals surface area contributed by atoms with E-state index in [0.717, 1.165) is 51.9 Å². The maximum absolute atomic E-state index is 13.3. The van der Waals surface area contributed by atoms with Crippen molar-refractivity contribution in [1.29, 1.82) is 0 Å². The van der Waals surface area contributed by atoms with Crippen molar-refractivity contribution in [3.8, 4) is 5.75 Å². The van der Waals surface area contributed by atoms with Crippen LogP contribution in [-0.2, 0) is 4.79 Å². The Morgan fingerprint density at radius 1 is 1.14 bits per heavy atom. The minimum Gasteiger partial charge on any atom is -0.497 e. The third-order valence-electron chi connectivity index (χ3n) is 5.88. The van der Waals surface area contributed by atoms with Crippen LogP contribution in [-0.4, -0.2) is 67.5 Å². The second-order valence-corrected chi connectivity index (χ2v) is 7.76. The summed E-state index contributed by atoms with van der Waals surface area (Å²) in [5, 5.41) is 3.27. The van der Waals surface area contributed by atoms with Gasteiger partial charge in [-0.05, 0) is 31.0 Å². The molecule has 2 aliphatic rings. The number of hydrogen-bond donors (Lipinski definition) is 1.